The lowest BCUT2D eigenvalue weighted by Crippen LogP contribution is -2.27. The first-order chi connectivity index (χ1) is 18.0. The number of nitrogens with zero attached hydrogens (tertiary/aromatic N) is 3. The van der Waals surface area contributed by atoms with Crippen molar-refractivity contribution in [2.45, 2.75) is 20.0 Å². The van der Waals surface area contributed by atoms with Gasteiger partial charge in [-0.15, -0.1) is 0 Å². The van der Waals surface area contributed by atoms with Gasteiger partial charge in [0.25, 0.3) is 11.5 Å². The molecule has 0 aliphatic carbocycles. The lowest BCUT2D eigenvalue weighted by Gasteiger charge is -2.13. The summed E-state index contributed by atoms with van der Waals surface area (Å²) in [6.45, 7) is 2.69. The predicted molar refractivity (Wildman–Crippen MR) is 144 cm³/mol. The fourth-order valence-electron chi connectivity index (χ4n) is 4.09. The molecular formula is C26H20N4O5S2. The molecule has 0 spiro atoms. The molecule has 186 valence electrons. The quantitative estimate of drug-likeness (QED) is 0.287. The maximum atomic E-state index is 13.6. The van der Waals surface area contributed by atoms with Crippen LogP contribution in [0, 0.1) is 6.92 Å². The molecule has 4 aromatic rings. The molecule has 0 unspecified atom stereocenters. The second-order valence-electron chi connectivity index (χ2n) is 8.50. The van der Waals surface area contributed by atoms with Crippen molar-refractivity contribution >= 4 is 51.7 Å². The number of pyridine rings is 1. The third-order valence-corrected chi connectivity index (χ3v) is 7.32. The van der Waals surface area contributed by atoms with Crippen LogP contribution < -0.4 is 20.3 Å². The van der Waals surface area contributed by atoms with Crippen molar-refractivity contribution in [1.29, 1.82) is 0 Å². The highest BCUT2D eigenvalue weighted by Gasteiger charge is 2.33. The minimum Gasteiger partial charge on any atom is -0.467 e. The van der Waals surface area contributed by atoms with Crippen molar-refractivity contribution in [1.82, 2.24) is 14.3 Å². The van der Waals surface area contributed by atoms with Gasteiger partial charge in [-0.1, -0.05) is 36.1 Å². The van der Waals surface area contributed by atoms with E-state index in [0.717, 1.165) is 22.9 Å². The van der Waals surface area contributed by atoms with E-state index >= 15 is 0 Å². The van der Waals surface area contributed by atoms with E-state index in [9.17, 15) is 9.59 Å². The number of aromatic nitrogens is 2. The Balaban J connectivity index is 1.37. The van der Waals surface area contributed by atoms with Crippen LogP contribution in [0.1, 0.15) is 22.5 Å². The Morgan fingerprint density at radius 3 is 2.86 bits per heavy atom. The average Bonchev–Trinajstić information content (AvgIpc) is 3.63. The molecule has 2 aliphatic heterocycles. The zero-order valence-electron chi connectivity index (χ0n) is 19.6. The smallest absolute Gasteiger partial charge is 0.267 e. The molecule has 0 saturated carbocycles. The van der Waals surface area contributed by atoms with Crippen LogP contribution in [0.5, 0.6) is 11.5 Å². The largest absolute Gasteiger partial charge is 0.467 e. The van der Waals surface area contributed by atoms with Gasteiger partial charge < -0.3 is 19.2 Å². The highest BCUT2D eigenvalue weighted by Crippen LogP contribution is 2.35. The zero-order valence-corrected chi connectivity index (χ0v) is 21.2. The van der Waals surface area contributed by atoms with Crippen LogP contribution in [0.25, 0.3) is 11.7 Å². The molecule has 6 rings (SSSR count). The van der Waals surface area contributed by atoms with Gasteiger partial charge in [0.05, 0.1) is 23.3 Å². The first-order valence-corrected chi connectivity index (χ1v) is 12.6. The van der Waals surface area contributed by atoms with Gasteiger partial charge in [0.1, 0.15) is 21.5 Å². The fourth-order valence-corrected chi connectivity index (χ4v) is 5.32. The lowest BCUT2D eigenvalue weighted by molar-refractivity contribution is -0.122. The molecular weight excluding hydrogens is 512 g/mol. The van der Waals surface area contributed by atoms with Gasteiger partial charge >= 0.3 is 0 Å². The number of carbonyl (C=O) groups excluding carboxylic acids is 1. The van der Waals surface area contributed by atoms with E-state index in [4.69, 9.17) is 31.1 Å². The van der Waals surface area contributed by atoms with E-state index in [0.29, 0.717) is 44.5 Å². The number of hydrogen-bond acceptors (Lipinski definition) is 9. The number of rotatable bonds is 6. The molecule has 9 nitrogen and oxygen atoms in total. The van der Waals surface area contributed by atoms with Crippen molar-refractivity contribution in [2.24, 2.45) is 0 Å². The summed E-state index contributed by atoms with van der Waals surface area (Å²) in [6.07, 6.45) is 4.84. The van der Waals surface area contributed by atoms with Gasteiger partial charge in [-0.05, 0) is 54.5 Å². The van der Waals surface area contributed by atoms with Crippen LogP contribution in [0.15, 0.2) is 69.0 Å². The van der Waals surface area contributed by atoms with Crippen LogP contribution in [0.3, 0.4) is 0 Å². The number of benzene rings is 1. The Hall–Kier alpha value is -4.09. The molecule has 0 atom stereocenters. The van der Waals surface area contributed by atoms with Crippen LogP contribution in [0.4, 0.5) is 5.82 Å². The Bertz CT molecular complexity index is 1640. The number of fused-ring (bicyclic) bond motifs is 2. The fraction of sp³-hybridized carbons (Fsp3) is 0.154. The number of furan rings is 1. The van der Waals surface area contributed by atoms with Crippen molar-refractivity contribution < 1.29 is 18.7 Å². The molecule has 0 radical (unpaired) electrons. The van der Waals surface area contributed by atoms with E-state index in [2.05, 4.69) is 5.32 Å². The summed E-state index contributed by atoms with van der Waals surface area (Å²) in [5.41, 5.74) is 2.30. The minimum absolute atomic E-state index is 0.191. The van der Waals surface area contributed by atoms with Crippen LogP contribution >= 0.6 is 24.0 Å². The number of thiocarbonyl (C=S) groups is 1. The van der Waals surface area contributed by atoms with Crippen LogP contribution in [0.2, 0.25) is 0 Å². The van der Waals surface area contributed by atoms with Gasteiger partial charge in [0, 0.05) is 12.7 Å². The van der Waals surface area contributed by atoms with E-state index in [1.165, 1.54) is 9.30 Å². The summed E-state index contributed by atoms with van der Waals surface area (Å²) in [7, 11) is 0. The number of carbonyl (C=O) groups is 1. The molecule has 0 bridgehead atoms. The van der Waals surface area contributed by atoms with Crippen molar-refractivity contribution in [2.75, 3.05) is 12.1 Å². The molecule has 11 heteroatoms. The molecule has 2 aliphatic rings. The molecule has 1 saturated heterocycles. The first-order valence-electron chi connectivity index (χ1n) is 11.4. The number of ether oxygens (including phenoxy) is 2. The maximum Gasteiger partial charge on any atom is 0.267 e. The molecule has 1 aromatic carbocycles. The van der Waals surface area contributed by atoms with Crippen LogP contribution in [-0.4, -0.2) is 31.3 Å². The van der Waals surface area contributed by atoms with E-state index in [1.807, 2.05) is 31.2 Å². The van der Waals surface area contributed by atoms with Gasteiger partial charge in [-0.25, -0.2) is 4.98 Å². The first kappa shape index (κ1) is 23.3. The SMILES string of the molecule is Cc1ccc2nc(NCc3ccc4c(c3)OCO4)c(C=C3SC(=S)N(Cc4ccco4)C3=O)c(=O)n2c1. The molecule has 1 fully saturated rings. The normalized spacial score (nSPS) is 15.8. The number of thioether (sulfide) groups is 1. The highest BCUT2D eigenvalue weighted by atomic mass is 32.2. The number of anilines is 1. The van der Waals surface area contributed by atoms with E-state index in [1.54, 1.807) is 36.7 Å². The van der Waals surface area contributed by atoms with Gasteiger partial charge in [-0.3, -0.25) is 18.9 Å². The number of amides is 1. The lowest BCUT2D eigenvalue weighted by atomic mass is 10.2. The van der Waals surface area contributed by atoms with Crippen molar-refractivity contribution in [3.63, 3.8) is 0 Å². The van der Waals surface area contributed by atoms with Gasteiger partial charge in [-0.2, -0.15) is 0 Å². The predicted octanol–water partition coefficient (Wildman–Crippen LogP) is 4.34. The zero-order chi connectivity index (χ0) is 25.5. The van der Waals surface area contributed by atoms with Crippen molar-refractivity contribution in [3.8, 4) is 11.5 Å². The van der Waals surface area contributed by atoms with Gasteiger partial charge in [0.15, 0.2) is 11.5 Å². The summed E-state index contributed by atoms with van der Waals surface area (Å²) in [4.78, 5) is 33.3. The second-order valence-corrected chi connectivity index (χ2v) is 10.2. The third kappa shape index (κ3) is 4.47. The summed E-state index contributed by atoms with van der Waals surface area (Å²) in [6, 6.07) is 12.9. The maximum absolute atomic E-state index is 13.6. The third-order valence-electron chi connectivity index (χ3n) is 5.95. The summed E-state index contributed by atoms with van der Waals surface area (Å²) in [5, 5.41) is 3.27. The van der Waals surface area contributed by atoms with Crippen LogP contribution in [-0.2, 0) is 17.9 Å². The summed E-state index contributed by atoms with van der Waals surface area (Å²) < 4.78 is 18.1. The second kappa shape index (κ2) is 9.41. The van der Waals surface area contributed by atoms with Crippen molar-refractivity contribution in [3.05, 3.63) is 92.6 Å². The summed E-state index contributed by atoms with van der Waals surface area (Å²) in [5.74, 6) is 2.05. The Morgan fingerprint density at radius 2 is 2.03 bits per heavy atom. The topological polar surface area (TPSA) is 98.3 Å². The van der Waals surface area contributed by atoms with E-state index in [-0.39, 0.29) is 30.4 Å². The Labute approximate surface area is 220 Å². The minimum atomic E-state index is -0.293. The average molecular weight is 533 g/mol. The monoisotopic (exact) mass is 532 g/mol. The standard InChI is InChI=1S/C26H20N4O5S2/c1-15-4-7-22-28-23(27-11-16-5-6-19-20(9-16)35-14-34-19)18(24(31)29(22)12-15)10-21-25(32)30(26(36)37-21)13-17-3-2-8-33-17/h2-10,12,27H,11,13-14H2,1H3. The molecule has 3 aromatic heterocycles. The van der Waals surface area contributed by atoms with Gasteiger partial charge in [0.2, 0.25) is 6.79 Å². The number of aryl methyl sites for hydroxylation is 1. The summed E-state index contributed by atoms with van der Waals surface area (Å²) >= 11 is 6.59. The Morgan fingerprint density at radius 1 is 1.16 bits per heavy atom. The highest BCUT2D eigenvalue weighted by molar-refractivity contribution is 8.26. The molecule has 5 heterocycles. The molecule has 1 amide bonds. The number of hydrogen-bond donors (Lipinski definition) is 1. The van der Waals surface area contributed by atoms with E-state index < -0.39 is 0 Å². The Kier molecular flexibility index (Phi) is 5.93. The number of nitrogens with one attached hydrogen (secondary N) is 1. The molecule has 1 N–H and O–H groups in total. The molecule has 37 heavy (non-hydrogen) atoms.